The largest absolute Gasteiger partial charge is 0.467 e. The summed E-state index contributed by atoms with van der Waals surface area (Å²) >= 11 is 6.63. The van der Waals surface area contributed by atoms with Gasteiger partial charge in [0, 0.05) is 38.1 Å². The molecule has 3 aromatic heterocycles. The van der Waals surface area contributed by atoms with Gasteiger partial charge in [-0.1, -0.05) is 30.0 Å². The Labute approximate surface area is 227 Å². The first-order chi connectivity index (χ1) is 18.5. The third-order valence-electron chi connectivity index (χ3n) is 6.56. The normalized spacial score (nSPS) is 17.3. The van der Waals surface area contributed by atoms with Crippen LogP contribution in [0.1, 0.15) is 11.3 Å². The summed E-state index contributed by atoms with van der Waals surface area (Å²) in [4.78, 5) is 37.8. The van der Waals surface area contributed by atoms with Gasteiger partial charge < -0.3 is 14.2 Å². The number of benzene rings is 1. The maximum Gasteiger partial charge on any atom is 0.267 e. The molecule has 4 aromatic rings. The Balaban J connectivity index is 1.33. The van der Waals surface area contributed by atoms with E-state index in [0.29, 0.717) is 58.2 Å². The summed E-state index contributed by atoms with van der Waals surface area (Å²) < 4.78 is 20.6. The number of aromatic nitrogens is 2. The van der Waals surface area contributed by atoms with Crippen molar-refractivity contribution in [1.29, 1.82) is 0 Å². The van der Waals surface area contributed by atoms with E-state index in [4.69, 9.17) is 21.6 Å². The van der Waals surface area contributed by atoms with Crippen molar-refractivity contribution in [3.8, 4) is 0 Å². The van der Waals surface area contributed by atoms with Crippen molar-refractivity contribution in [3.63, 3.8) is 0 Å². The Morgan fingerprint density at radius 1 is 1.00 bits per heavy atom. The van der Waals surface area contributed by atoms with Crippen molar-refractivity contribution < 1.29 is 13.6 Å². The first kappa shape index (κ1) is 24.4. The molecule has 2 fully saturated rings. The van der Waals surface area contributed by atoms with Crippen LogP contribution in [0.25, 0.3) is 11.7 Å². The Hall–Kier alpha value is -3.96. The number of pyridine rings is 1. The lowest BCUT2D eigenvalue weighted by Crippen LogP contribution is -2.47. The highest BCUT2D eigenvalue weighted by molar-refractivity contribution is 8.26. The summed E-state index contributed by atoms with van der Waals surface area (Å²) in [5, 5.41) is 0. The second-order valence-corrected chi connectivity index (χ2v) is 10.6. The van der Waals surface area contributed by atoms with Gasteiger partial charge in [-0.05, 0) is 54.6 Å². The third-order valence-corrected chi connectivity index (χ3v) is 7.94. The van der Waals surface area contributed by atoms with Crippen LogP contribution in [-0.2, 0) is 11.3 Å². The summed E-state index contributed by atoms with van der Waals surface area (Å²) in [6.07, 6.45) is 4.82. The van der Waals surface area contributed by atoms with E-state index in [0.717, 1.165) is 17.4 Å². The van der Waals surface area contributed by atoms with Gasteiger partial charge in [0.15, 0.2) is 0 Å². The SMILES string of the molecule is O=C1/C(=C\c2c(N3CCN(c4ccc(F)cc4)CC3)nc3ccccn3c2=O)SC(=S)N1Cc1ccco1. The molecule has 1 aromatic carbocycles. The highest BCUT2D eigenvalue weighted by atomic mass is 32.2. The van der Waals surface area contributed by atoms with Crippen LogP contribution in [0.2, 0.25) is 0 Å². The van der Waals surface area contributed by atoms with Gasteiger partial charge in [0.1, 0.15) is 27.4 Å². The fraction of sp³-hybridized carbons (Fsp3) is 0.185. The monoisotopic (exact) mass is 547 g/mol. The number of thioether (sulfide) groups is 1. The number of rotatable bonds is 5. The number of hydrogen-bond acceptors (Lipinski definition) is 8. The maximum absolute atomic E-state index is 13.6. The Morgan fingerprint density at radius 3 is 2.50 bits per heavy atom. The number of anilines is 2. The van der Waals surface area contributed by atoms with E-state index in [-0.39, 0.29) is 23.8 Å². The highest BCUT2D eigenvalue weighted by Crippen LogP contribution is 2.34. The molecule has 38 heavy (non-hydrogen) atoms. The molecular formula is C27H22FN5O3S2. The molecule has 0 spiro atoms. The first-order valence-corrected chi connectivity index (χ1v) is 13.2. The molecule has 0 unspecified atom stereocenters. The highest BCUT2D eigenvalue weighted by Gasteiger charge is 2.34. The zero-order chi connectivity index (χ0) is 26.2. The lowest BCUT2D eigenvalue weighted by Gasteiger charge is -2.37. The van der Waals surface area contributed by atoms with E-state index in [2.05, 4.69) is 9.80 Å². The fourth-order valence-electron chi connectivity index (χ4n) is 4.61. The van der Waals surface area contributed by atoms with Gasteiger partial charge >= 0.3 is 0 Å². The summed E-state index contributed by atoms with van der Waals surface area (Å²) in [5.41, 5.74) is 1.54. The van der Waals surface area contributed by atoms with Crippen LogP contribution in [0.5, 0.6) is 0 Å². The minimum Gasteiger partial charge on any atom is -0.467 e. The van der Waals surface area contributed by atoms with E-state index in [9.17, 15) is 14.0 Å². The standard InChI is InChI=1S/C27H22FN5O3S2/c28-18-6-8-19(9-7-18)30-11-13-31(14-12-30)24-21(25(34)32-10-2-1-5-23(32)29-24)16-22-26(35)33(27(37)38-22)17-20-4-3-15-36-20/h1-10,15-16H,11-14,17H2/b22-16+. The van der Waals surface area contributed by atoms with Crippen LogP contribution in [0, 0.1) is 5.82 Å². The van der Waals surface area contributed by atoms with Crippen molar-refractivity contribution >= 4 is 57.4 Å². The van der Waals surface area contributed by atoms with Gasteiger partial charge in [0.2, 0.25) is 0 Å². The predicted molar refractivity (Wildman–Crippen MR) is 150 cm³/mol. The number of fused-ring (bicyclic) bond motifs is 1. The molecule has 11 heteroatoms. The lowest BCUT2D eigenvalue weighted by molar-refractivity contribution is -0.122. The van der Waals surface area contributed by atoms with Gasteiger partial charge in [-0.3, -0.25) is 18.9 Å². The Bertz CT molecular complexity index is 1610. The maximum atomic E-state index is 13.6. The van der Waals surface area contributed by atoms with E-state index in [1.54, 1.807) is 54.9 Å². The molecule has 0 atom stereocenters. The van der Waals surface area contributed by atoms with Crippen LogP contribution in [-0.4, -0.2) is 50.7 Å². The smallest absolute Gasteiger partial charge is 0.267 e. The number of nitrogens with zero attached hydrogens (tertiary/aromatic N) is 5. The number of piperazine rings is 1. The second-order valence-electron chi connectivity index (χ2n) is 8.88. The summed E-state index contributed by atoms with van der Waals surface area (Å²) in [7, 11) is 0. The molecule has 8 nitrogen and oxygen atoms in total. The molecule has 0 bridgehead atoms. The van der Waals surface area contributed by atoms with Gasteiger partial charge in [-0.15, -0.1) is 0 Å². The topological polar surface area (TPSA) is 74.3 Å². The van der Waals surface area contributed by atoms with Crippen LogP contribution in [0.3, 0.4) is 0 Å². The molecule has 6 rings (SSSR count). The van der Waals surface area contributed by atoms with Gasteiger partial charge in [0.25, 0.3) is 11.5 Å². The number of halogens is 1. The van der Waals surface area contributed by atoms with Crippen molar-refractivity contribution in [1.82, 2.24) is 14.3 Å². The number of carbonyl (C=O) groups is 1. The van der Waals surface area contributed by atoms with E-state index in [1.807, 2.05) is 6.07 Å². The van der Waals surface area contributed by atoms with Crippen LogP contribution in [0.4, 0.5) is 15.9 Å². The Morgan fingerprint density at radius 2 is 1.76 bits per heavy atom. The molecule has 0 N–H and O–H groups in total. The van der Waals surface area contributed by atoms with Gasteiger partial charge in [-0.25, -0.2) is 9.37 Å². The lowest BCUT2D eigenvalue weighted by atomic mass is 10.2. The minimum atomic E-state index is -0.277. The third kappa shape index (κ3) is 4.59. The molecule has 2 aliphatic rings. The molecule has 0 radical (unpaired) electrons. The van der Waals surface area contributed by atoms with E-state index < -0.39 is 0 Å². The first-order valence-electron chi connectivity index (χ1n) is 12.0. The van der Waals surface area contributed by atoms with Crippen LogP contribution < -0.4 is 15.4 Å². The molecule has 0 aliphatic carbocycles. The predicted octanol–water partition coefficient (Wildman–Crippen LogP) is 4.15. The molecule has 192 valence electrons. The fourth-order valence-corrected chi connectivity index (χ4v) is 5.85. The van der Waals surface area contributed by atoms with Crippen LogP contribution in [0.15, 0.2) is 81.2 Å². The number of furan rings is 1. The zero-order valence-corrected chi connectivity index (χ0v) is 21.8. The molecular weight excluding hydrogens is 525 g/mol. The average molecular weight is 548 g/mol. The number of amides is 1. The number of carbonyl (C=O) groups excluding carboxylic acids is 1. The molecule has 5 heterocycles. The summed E-state index contributed by atoms with van der Waals surface area (Å²) in [6.45, 7) is 2.78. The summed E-state index contributed by atoms with van der Waals surface area (Å²) in [6, 6.07) is 15.4. The van der Waals surface area contributed by atoms with Gasteiger partial charge in [-0.2, -0.15) is 0 Å². The van der Waals surface area contributed by atoms with E-state index in [1.165, 1.54) is 21.4 Å². The minimum absolute atomic E-state index is 0.224. The quantitative estimate of drug-likeness (QED) is 0.273. The van der Waals surface area contributed by atoms with Crippen molar-refractivity contribution in [2.24, 2.45) is 0 Å². The number of hydrogen-bond donors (Lipinski definition) is 0. The molecule has 0 saturated carbocycles. The van der Waals surface area contributed by atoms with Gasteiger partial charge in [0.05, 0.1) is 23.3 Å². The molecule has 2 aliphatic heterocycles. The van der Waals surface area contributed by atoms with Crippen LogP contribution >= 0.6 is 24.0 Å². The second kappa shape index (κ2) is 10.1. The number of thiocarbonyl (C=S) groups is 1. The zero-order valence-electron chi connectivity index (χ0n) is 20.1. The Kier molecular flexibility index (Phi) is 6.46. The van der Waals surface area contributed by atoms with Crippen molar-refractivity contribution in [3.05, 3.63) is 99.5 Å². The molecule has 1 amide bonds. The summed E-state index contributed by atoms with van der Waals surface area (Å²) in [5.74, 6) is 0.597. The van der Waals surface area contributed by atoms with E-state index >= 15 is 0 Å². The molecule has 2 saturated heterocycles. The average Bonchev–Trinajstić information content (AvgIpc) is 3.55. The van der Waals surface area contributed by atoms with Crippen molar-refractivity contribution in [2.75, 3.05) is 36.0 Å². The van der Waals surface area contributed by atoms with Crippen molar-refractivity contribution in [2.45, 2.75) is 6.54 Å².